The molecule has 1 saturated heterocycles. The van der Waals surface area contributed by atoms with E-state index in [1.54, 1.807) is 0 Å². The summed E-state index contributed by atoms with van der Waals surface area (Å²) in [5.41, 5.74) is 0. The molecular weight excluding hydrogens is 242 g/mol. The van der Waals surface area contributed by atoms with Crippen LogP contribution in [0, 0.1) is 5.92 Å². The molecule has 1 rings (SSSR count). The van der Waals surface area contributed by atoms with Gasteiger partial charge in [-0.25, -0.2) is 0 Å². The maximum atomic E-state index is 3.22. The van der Waals surface area contributed by atoms with Gasteiger partial charge in [-0.05, 0) is 31.8 Å². The first-order valence-corrected chi connectivity index (χ1v) is 9.43. The van der Waals surface area contributed by atoms with Gasteiger partial charge >= 0.3 is 0 Å². The Hall–Kier alpha value is -0.0400. The fourth-order valence-corrected chi connectivity index (χ4v) is 1.57. The average Bonchev–Trinajstić information content (AvgIpc) is 3.09. The van der Waals surface area contributed by atoms with Crippen LogP contribution in [0.3, 0.4) is 0 Å². The fraction of sp³-hybridized carbons (Fsp3) is 1.00. The molecule has 1 N–H and O–H groups in total. The monoisotopic (exact) mass is 287 g/mol. The third-order valence-corrected chi connectivity index (χ3v) is 3.45. The van der Waals surface area contributed by atoms with Gasteiger partial charge in [0, 0.05) is 0 Å². The summed E-state index contributed by atoms with van der Waals surface area (Å²) in [5.74, 6) is 0.955. The molecule has 126 valence electrons. The van der Waals surface area contributed by atoms with Gasteiger partial charge in [-0.2, -0.15) is 0 Å². The van der Waals surface area contributed by atoms with E-state index in [1.807, 2.05) is 13.8 Å². The predicted molar refractivity (Wildman–Crippen MR) is 97.6 cm³/mol. The Bertz CT molecular complexity index is 109. The quantitative estimate of drug-likeness (QED) is 0.529. The summed E-state index contributed by atoms with van der Waals surface area (Å²) in [4.78, 5) is 0. The zero-order valence-corrected chi connectivity index (χ0v) is 15.9. The standard InChI is InChI=1S/C9H20.C4H9N.C4H10.C2H6/c1-4-6-7-8-9(3)5-2;1-2-4-5-3-1;1-3-4-2;1-2/h9H,4-8H2,1-3H3;5H,1-4H2;3-4H2,1-2H3;1-2H3. The van der Waals surface area contributed by atoms with Crippen molar-refractivity contribution in [3.05, 3.63) is 0 Å². The fourth-order valence-electron chi connectivity index (χ4n) is 1.57. The molecule has 1 aliphatic rings. The van der Waals surface area contributed by atoms with E-state index in [1.165, 1.54) is 70.9 Å². The molecule has 1 heterocycles. The van der Waals surface area contributed by atoms with Gasteiger partial charge in [-0.15, -0.1) is 0 Å². The molecule has 20 heavy (non-hydrogen) atoms. The Morgan fingerprint density at radius 3 is 1.55 bits per heavy atom. The van der Waals surface area contributed by atoms with Gasteiger partial charge in [0.15, 0.2) is 0 Å². The molecule has 1 unspecified atom stereocenters. The van der Waals surface area contributed by atoms with Gasteiger partial charge < -0.3 is 5.32 Å². The zero-order valence-electron chi connectivity index (χ0n) is 15.9. The summed E-state index contributed by atoms with van der Waals surface area (Å²) in [7, 11) is 0. The highest BCUT2D eigenvalue weighted by molar-refractivity contribution is 4.55. The molecule has 0 aromatic carbocycles. The number of rotatable bonds is 6. The first kappa shape index (κ1) is 24.9. The lowest BCUT2D eigenvalue weighted by atomic mass is 10.0. The normalized spacial score (nSPS) is 13.9. The second-order valence-corrected chi connectivity index (χ2v) is 5.47. The Kier molecular flexibility index (Phi) is 34.1. The minimum atomic E-state index is 0.955. The zero-order chi connectivity index (χ0) is 16.1. The second kappa shape index (κ2) is 27.3. The molecule has 1 heteroatoms. The van der Waals surface area contributed by atoms with Crippen LogP contribution in [0.5, 0.6) is 0 Å². The van der Waals surface area contributed by atoms with Gasteiger partial charge in [-0.3, -0.25) is 0 Å². The SMILES string of the molecule is C1CCNC1.CC.CCCC.CCCCCC(C)CC. The smallest absolute Gasteiger partial charge is 0.00484 e. The Balaban J connectivity index is -0.000000222. The molecule has 1 atom stereocenters. The maximum Gasteiger partial charge on any atom is -0.00484 e. The molecule has 1 fully saturated rings. The maximum absolute atomic E-state index is 3.22. The molecule has 0 spiro atoms. The van der Waals surface area contributed by atoms with Crippen LogP contribution in [0.2, 0.25) is 0 Å². The molecule has 0 bridgehead atoms. The topological polar surface area (TPSA) is 12.0 Å². The molecule has 0 aromatic rings. The van der Waals surface area contributed by atoms with Crippen LogP contribution in [0.4, 0.5) is 0 Å². The van der Waals surface area contributed by atoms with Crippen LogP contribution in [-0.4, -0.2) is 13.1 Å². The minimum Gasteiger partial charge on any atom is -0.317 e. The summed E-state index contributed by atoms with van der Waals surface area (Å²) in [5, 5.41) is 3.22. The van der Waals surface area contributed by atoms with Crippen LogP contribution >= 0.6 is 0 Å². The van der Waals surface area contributed by atoms with Crippen molar-refractivity contribution in [1.82, 2.24) is 5.32 Å². The molecule has 1 nitrogen and oxygen atoms in total. The van der Waals surface area contributed by atoms with E-state index in [4.69, 9.17) is 0 Å². The van der Waals surface area contributed by atoms with Gasteiger partial charge in [0.25, 0.3) is 0 Å². The van der Waals surface area contributed by atoms with Crippen LogP contribution in [0.25, 0.3) is 0 Å². The van der Waals surface area contributed by atoms with Gasteiger partial charge in [0.1, 0.15) is 0 Å². The predicted octanol–water partition coefficient (Wildman–Crippen LogP) is 6.82. The number of nitrogens with one attached hydrogen (secondary N) is 1. The van der Waals surface area contributed by atoms with Crippen molar-refractivity contribution in [3.63, 3.8) is 0 Å². The van der Waals surface area contributed by atoms with Crippen molar-refractivity contribution in [3.8, 4) is 0 Å². The number of hydrogen-bond acceptors (Lipinski definition) is 1. The molecule has 0 aliphatic carbocycles. The highest BCUT2D eigenvalue weighted by Gasteiger charge is 1.95. The summed E-state index contributed by atoms with van der Waals surface area (Å²) in [6.45, 7) is 17.7. The van der Waals surface area contributed by atoms with Crippen molar-refractivity contribution < 1.29 is 0 Å². The van der Waals surface area contributed by atoms with E-state index >= 15 is 0 Å². The van der Waals surface area contributed by atoms with Crippen molar-refractivity contribution >= 4 is 0 Å². The molecule has 1 aliphatic heterocycles. The van der Waals surface area contributed by atoms with E-state index in [0.717, 1.165) is 5.92 Å². The second-order valence-electron chi connectivity index (χ2n) is 5.47. The molecular formula is C19H45N. The lowest BCUT2D eigenvalue weighted by Gasteiger charge is -2.05. The van der Waals surface area contributed by atoms with Crippen molar-refractivity contribution in [2.24, 2.45) is 5.92 Å². The van der Waals surface area contributed by atoms with Crippen molar-refractivity contribution in [1.29, 1.82) is 0 Å². The molecule has 0 amide bonds. The van der Waals surface area contributed by atoms with Gasteiger partial charge in [-0.1, -0.05) is 93.4 Å². The van der Waals surface area contributed by atoms with E-state index in [9.17, 15) is 0 Å². The van der Waals surface area contributed by atoms with Crippen LogP contribution in [-0.2, 0) is 0 Å². The van der Waals surface area contributed by atoms with Crippen LogP contribution in [0.15, 0.2) is 0 Å². The lowest BCUT2D eigenvalue weighted by molar-refractivity contribution is 0.482. The van der Waals surface area contributed by atoms with Gasteiger partial charge in [0.05, 0.1) is 0 Å². The number of hydrogen-bond donors (Lipinski definition) is 1. The summed E-state index contributed by atoms with van der Waals surface area (Å²) >= 11 is 0. The lowest BCUT2D eigenvalue weighted by Crippen LogP contribution is -2.03. The average molecular weight is 288 g/mol. The molecule has 0 saturated carbocycles. The van der Waals surface area contributed by atoms with Crippen LogP contribution in [0.1, 0.15) is 106 Å². The molecule has 0 radical (unpaired) electrons. The first-order valence-electron chi connectivity index (χ1n) is 9.43. The number of unbranched alkanes of at least 4 members (excludes halogenated alkanes) is 3. The Morgan fingerprint density at radius 2 is 1.30 bits per heavy atom. The Morgan fingerprint density at radius 1 is 0.800 bits per heavy atom. The summed E-state index contributed by atoms with van der Waals surface area (Å²) < 4.78 is 0. The van der Waals surface area contributed by atoms with E-state index in [-0.39, 0.29) is 0 Å². The van der Waals surface area contributed by atoms with E-state index < -0.39 is 0 Å². The third kappa shape index (κ3) is 30.8. The van der Waals surface area contributed by atoms with Gasteiger partial charge in [0.2, 0.25) is 0 Å². The van der Waals surface area contributed by atoms with Crippen LogP contribution < -0.4 is 5.32 Å². The highest BCUT2D eigenvalue weighted by atomic mass is 14.9. The Labute approximate surface area is 131 Å². The largest absolute Gasteiger partial charge is 0.317 e. The molecule has 0 aromatic heterocycles. The summed E-state index contributed by atoms with van der Waals surface area (Å²) in [6.07, 6.45) is 12.4. The highest BCUT2D eigenvalue weighted by Crippen LogP contribution is 2.11. The minimum absolute atomic E-state index is 0.955. The van der Waals surface area contributed by atoms with Crippen molar-refractivity contribution in [2.45, 2.75) is 106 Å². The van der Waals surface area contributed by atoms with E-state index in [0.29, 0.717) is 0 Å². The van der Waals surface area contributed by atoms with Crippen molar-refractivity contribution in [2.75, 3.05) is 13.1 Å². The third-order valence-electron chi connectivity index (χ3n) is 3.45. The first-order chi connectivity index (χ1) is 9.72. The van der Waals surface area contributed by atoms with E-state index in [2.05, 4.69) is 39.9 Å². The summed E-state index contributed by atoms with van der Waals surface area (Å²) in [6, 6.07) is 0.